The lowest BCUT2D eigenvalue weighted by Gasteiger charge is -2.44. The van der Waals surface area contributed by atoms with Gasteiger partial charge < -0.3 is 30.3 Å². The number of unbranched alkanes of at least 4 members (excludes halogenated alkanes) is 15. The number of esters is 1. The zero-order chi connectivity index (χ0) is 31.9. The predicted octanol–water partition coefficient (Wildman–Crippen LogP) is 5.10. The van der Waals surface area contributed by atoms with Crippen molar-refractivity contribution in [2.75, 3.05) is 13.2 Å². The molecule has 9 heteroatoms. The van der Waals surface area contributed by atoms with E-state index in [1.165, 1.54) is 0 Å². The van der Waals surface area contributed by atoms with Crippen molar-refractivity contribution in [3.05, 3.63) is 0 Å². The molecule has 0 saturated heterocycles. The van der Waals surface area contributed by atoms with E-state index in [4.69, 9.17) is 4.74 Å². The molecule has 0 heterocycles. The van der Waals surface area contributed by atoms with E-state index in [-0.39, 0.29) is 19.3 Å². The fraction of sp³-hybridized carbons (Fsp3) is 0.909. The molecule has 0 aliphatic carbocycles. The Bertz CT molecular complexity index is 728. The summed E-state index contributed by atoms with van der Waals surface area (Å²) in [5.74, 6) is -2.63. The third-order valence-electron chi connectivity index (χ3n) is 8.20. The lowest BCUT2D eigenvalue weighted by Crippen LogP contribution is -2.73. The Hall–Kier alpha value is -1.39. The molecule has 0 aromatic carbocycles. The van der Waals surface area contributed by atoms with E-state index in [9.17, 15) is 39.9 Å². The van der Waals surface area contributed by atoms with E-state index in [0.717, 1.165) is 83.5 Å². The molecule has 0 aromatic rings. The lowest BCUT2D eigenvalue weighted by molar-refractivity contribution is -0.228. The number of rotatable bonds is 29. The molecule has 0 spiro atoms. The van der Waals surface area contributed by atoms with Crippen LogP contribution in [0.15, 0.2) is 0 Å². The summed E-state index contributed by atoms with van der Waals surface area (Å²) in [5, 5.41) is 54.8. The highest BCUT2D eigenvalue weighted by atomic mass is 16.5. The Kier molecular flexibility index (Phi) is 23.2. The van der Waals surface area contributed by atoms with Gasteiger partial charge in [0.1, 0.15) is 18.8 Å². The van der Waals surface area contributed by atoms with E-state index in [2.05, 4.69) is 20.8 Å². The van der Waals surface area contributed by atoms with Crippen LogP contribution in [-0.2, 0) is 19.1 Å². The number of hydrogen-bond donors (Lipinski definition) is 5. The van der Waals surface area contributed by atoms with Gasteiger partial charge in [0.05, 0.1) is 6.61 Å². The minimum absolute atomic E-state index is 0.119. The lowest BCUT2D eigenvalue weighted by atomic mass is 9.70. The first-order valence-electron chi connectivity index (χ1n) is 16.7. The number of aliphatic hydroxyl groups excluding tert-OH is 3. The summed E-state index contributed by atoms with van der Waals surface area (Å²) < 4.78 is 5.08. The third kappa shape index (κ3) is 14.4. The van der Waals surface area contributed by atoms with Gasteiger partial charge >= 0.3 is 5.97 Å². The van der Waals surface area contributed by atoms with Crippen LogP contribution in [0.3, 0.4) is 0 Å². The number of Topliss-reactive ketones (excluding diaryl/α,β-unsaturated/α-hetero) is 2. The van der Waals surface area contributed by atoms with Crippen molar-refractivity contribution in [2.45, 2.75) is 179 Å². The highest BCUT2D eigenvalue weighted by Gasteiger charge is 2.63. The van der Waals surface area contributed by atoms with Crippen LogP contribution in [-0.4, -0.2) is 79.7 Å². The van der Waals surface area contributed by atoms with E-state index < -0.39 is 54.2 Å². The quantitative estimate of drug-likeness (QED) is 0.0579. The largest absolute Gasteiger partial charge is 0.463 e. The topological polar surface area (TPSA) is 162 Å². The molecule has 0 unspecified atom stereocenters. The predicted molar refractivity (Wildman–Crippen MR) is 164 cm³/mol. The third-order valence-corrected chi connectivity index (χ3v) is 8.20. The van der Waals surface area contributed by atoms with Gasteiger partial charge in [-0.25, -0.2) is 0 Å². The summed E-state index contributed by atoms with van der Waals surface area (Å²) >= 11 is 0. The van der Waals surface area contributed by atoms with Gasteiger partial charge in [-0.2, -0.15) is 0 Å². The Labute approximate surface area is 254 Å². The minimum Gasteiger partial charge on any atom is -0.463 e. The van der Waals surface area contributed by atoms with Gasteiger partial charge in [0.2, 0.25) is 0 Å². The summed E-state index contributed by atoms with van der Waals surface area (Å²) in [6.07, 6.45) is 11.1. The highest BCUT2D eigenvalue weighted by Crippen LogP contribution is 2.33. The van der Waals surface area contributed by atoms with E-state index in [1.54, 1.807) is 0 Å². The monoisotopic (exact) mass is 602 g/mol. The average Bonchev–Trinajstić information content (AvgIpc) is 2.99. The molecule has 0 bridgehead atoms. The van der Waals surface area contributed by atoms with Crippen LogP contribution in [0.5, 0.6) is 0 Å². The Morgan fingerprint density at radius 2 is 0.976 bits per heavy atom. The molecule has 0 aliphatic heterocycles. The Balaban J connectivity index is 5.51. The van der Waals surface area contributed by atoms with Crippen LogP contribution >= 0.6 is 0 Å². The summed E-state index contributed by atoms with van der Waals surface area (Å²) in [6, 6.07) is 0. The highest BCUT2D eigenvalue weighted by molar-refractivity contribution is 6.00. The van der Waals surface area contributed by atoms with Crippen molar-refractivity contribution < 1.29 is 44.7 Å². The second kappa shape index (κ2) is 24.0. The van der Waals surface area contributed by atoms with Crippen LogP contribution in [0.25, 0.3) is 0 Å². The molecule has 0 aliphatic rings. The van der Waals surface area contributed by atoms with Gasteiger partial charge in [0, 0.05) is 19.3 Å². The molecule has 0 fully saturated rings. The number of aliphatic hydroxyl groups is 5. The number of hydrogen-bond acceptors (Lipinski definition) is 9. The van der Waals surface area contributed by atoms with Crippen LogP contribution < -0.4 is 0 Å². The molecular formula is C33H62O9. The smallest absolute Gasteiger partial charge is 0.305 e. The Morgan fingerprint density at radius 3 is 1.40 bits per heavy atom. The SMILES string of the molecule is CCCCCCCCC(=O)OC[C@@H](O)[C@@H](O)[C@@](O)(C(=O)CCCCCCCC)[C@@](O)(CO)C(=O)CCCCCCCC. The number of ether oxygens (including phenoxy) is 1. The van der Waals surface area contributed by atoms with E-state index >= 15 is 0 Å². The van der Waals surface area contributed by atoms with Gasteiger partial charge in [-0.15, -0.1) is 0 Å². The van der Waals surface area contributed by atoms with Gasteiger partial charge in [0.25, 0.3) is 0 Å². The second-order valence-electron chi connectivity index (χ2n) is 11.9. The summed E-state index contributed by atoms with van der Waals surface area (Å²) in [6.45, 7) is 4.23. The summed E-state index contributed by atoms with van der Waals surface area (Å²) in [5.41, 5.74) is -6.21. The molecule has 5 N–H and O–H groups in total. The molecule has 9 nitrogen and oxygen atoms in total. The zero-order valence-electron chi connectivity index (χ0n) is 26.8. The standard InChI is InChI=1S/C33H62O9/c1-4-7-10-13-16-19-22-28(36)32(40,26-34)33(41,29(37)23-20-17-14-11-8-5-2)31(39)27(35)25-42-30(38)24-21-18-15-12-9-6-3/h27,31,34-35,39-41H,4-26H2,1-3H3/t27-,31-,32-,33+/m1/s1. The number of carbonyl (C=O) groups is 3. The van der Waals surface area contributed by atoms with Crippen LogP contribution in [0.1, 0.15) is 156 Å². The number of ketones is 2. The molecule has 248 valence electrons. The maximum Gasteiger partial charge on any atom is 0.305 e. The first-order valence-corrected chi connectivity index (χ1v) is 16.7. The molecular weight excluding hydrogens is 540 g/mol. The molecule has 0 aromatic heterocycles. The van der Waals surface area contributed by atoms with Crippen molar-refractivity contribution >= 4 is 17.5 Å². The molecule has 0 radical (unpaired) electrons. The maximum absolute atomic E-state index is 13.4. The first kappa shape index (κ1) is 40.6. The van der Waals surface area contributed by atoms with Crippen LogP contribution in [0.2, 0.25) is 0 Å². The van der Waals surface area contributed by atoms with Crippen molar-refractivity contribution in [3.63, 3.8) is 0 Å². The Morgan fingerprint density at radius 1 is 0.595 bits per heavy atom. The summed E-state index contributed by atoms with van der Waals surface area (Å²) in [7, 11) is 0. The van der Waals surface area contributed by atoms with Gasteiger partial charge in [0.15, 0.2) is 22.8 Å². The number of carbonyl (C=O) groups excluding carboxylic acids is 3. The van der Waals surface area contributed by atoms with Crippen LogP contribution in [0, 0.1) is 0 Å². The summed E-state index contributed by atoms with van der Waals surface area (Å²) in [4.78, 5) is 38.8. The van der Waals surface area contributed by atoms with E-state index in [1.807, 2.05) is 0 Å². The normalized spacial score (nSPS) is 15.9. The van der Waals surface area contributed by atoms with E-state index in [0.29, 0.717) is 32.1 Å². The zero-order valence-corrected chi connectivity index (χ0v) is 26.8. The molecule has 42 heavy (non-hydrogen) atoms. The molecule has 0 amide bonds. The first-order chi connectivity index (χ1) is 20.1. The molecule has 0 saturated carbocycles. The fourth-order valence-corrected chi connectivity index (χ4v) is 5.26. The fourth-order valence-electron chi connectivity index (χ4n) is 5.26. The molecule has 0 rings (SSSR count). The van der Waals surface area contributed by atoms with Gasteiger partial charge in [-0.1, -0.05) is 117 Å². The van der Waals surface area contributed by atoms with Crippen molar-refractivity contribution in [3.8, 4) is 0 Å². The average molecular weight is 603 g/mol. The maximum atomic E-state index is 13.4. The van der Waals surface area contributed by atoms with Crippen LogP contribution in [0.4, 0.5) is 0 Å². The van der Waals surface area contributed by atoms with Gasteiger partial charge in [-0.05, 0) is 19.3 Å². The van der Waals surface area contributed by atoms with Crippen molar-refractivity contribution in [1.29, 1.82) is 0 Å². The van der Waals surface area contributed by atoms with Crippen molar-refractivity contribution in [1.82, 2.24) is 0 Å². The second-order valence-corrected chi connectivity index (χ2v) is 11.9. The minimum atomic E-state index is -3.18. The van der Waals surface area contributed by atoms with Crippen molar-refractivity contribution in [2.24, 2.45) is 0 Å². The van der Waals surface area contributed by atoms with Gasteiger partial charge in [-0.3, -0.25) is 14.4 Å². The molecule has 4 atom stereocenters.